The van der Waals surface area contributed by atoms with E-state index in [1.54, 1.807) is 18.2 Å². The third kappa shape index (κ3) is 3.45. The largest absolute Gasteiger partial charge is 0.534 e. The lowest BCUT2D eigenvalue weighted by atomic mass is 10.3. The fourth-order valence-corrected chi connectivity index (χ4v) is 5.79. The summed E-state index contributed by atoms with van der Waals surface area (Å²) in [7, 11) is -2.44. The molecule has 4 heteroatoms. The predicted molar refractivity (Wildman–Crippen MR) is 101 cm³/mol. The Morgan fingerprint density at radius 3 is 1.78 bits per heavy atom. The van der Waals surface area contributed by atoms with Gasteiger partial charge in [0, 0.05) is 5.02 Å². The van der Waals surface area contributed by atoms with Crippen LogP contribution < -0.4 is 14.8 Å². The molecule has 0 heterocycles. The van der Waals surface area contributed by atoms with Crippen LogP contribution in [0.2, 0.25) is 16.6 Å². The first kappa shape index (κ1) is 16.1. The number of hydrogen-bond donors (Lipinski definition) is 0. The summed E-state index contributed by atoms with van der Waals surface area (Å²) in [4.78, 5) is 0. The zero-order chi connectivity index (χ0) is 16.3. The molecule has 0 fully saturated rings. The van der Waals surface area contributed by atoms with E-state index in [1.165, 1.54) is 10.4 Å². The summed E-state index contributed by atoms with van der Waals surface area (Å²) in [6.07, 6.45) is 0. The SMILES string of the molecule is C[Si](Oc1cc(Cl)ccc1Cl)(c1ccccc1)c1ccccc1. The van der Waals surface area contributed by atoms with Crippen molar-refractivity contribution in [1.29, 1.82) is 0 Å². The van der Waals surface area contributed by atoms with Gasteiger partial charge >= 0.3 is 8.32 Å². The van der Waals surface area contributed by atoms with Gasteiger partial charge in [-0.2, -0.15) is 0 Å². The zero-order valence-corrected chi connectivity index (χ0v) is 15.2. The lowest BCUT2D eigenvalue weighted by Gasteiger charge is -2.29. The van der Waals surface area contributed by atoms with Crippen molar-refractivity contribution in [2.24, 2.45) is 0 Å². The van der Waals surface area contributed by atoms with E-state index in [0.29, 0.717) is 15.8 Å². The molecule has 0 aliphatic carbocycles. The van der Waals surface area contributed by atoms with Crippen molar-refractivity contribution in [1.82, 2.24) is 0 Å². The van der Waals surface area contributed by atoms with Crippen LogP contribution in [0.25, 0.3) is 0 Å². The average molecular weight is 359 g/mol. The maximum atomic E-state index is 6.51. The van der Waals surface area contributed by atoms with Gasteiger partial charge in [0.05, 0.1) is 5.02 Å². The molecule has 0 spiro atoms. The van der Waals surface area contributed by atoms with Crippen molar-refractivity contribution in [3.8, 4) is 5.75 Å². The minimum absolute atomic E-state index is 0.569. The molecule has 0 amide bonds. The molecule has 23 heavy (non-hydrogen) atoms. The molecule has 0 bridgehead atoms. The smallest absolute Gasteiger partial charge is 0.311 e. The molecular formula is C19H16Cl2OSi. The van der Waals surface area contributed by atoms with Crippen LogP contribution in [-0.4, -0.2) is 8.32 Å². The molecule has 0 radical (unpaired) electrons. The highest BCUT2D eigenvalue weighted by Gasteiger charge is 2.36. The van der Waals surface area contributed by atoms with Crippen LogP contribution in [0.3, 0.4) is 0 Å². The highest BCUT2D eigenvalue weighted by atomic mass is 35.5. The lowest BCUT2D eigenvalue weighted by Crippen LogP contribution is -2.60. The van der Waals surface area contributed by atoms with E-state index in [4.69, 9.17) is 27.6 Å². The Morgan fingerprint density at radius 1 is 0.739 bits per heavy atom. The topological polar surface area (TPSA) is 9.23 Å². The van der Waals surface area contributed by atoms with E-state index in [1.807, 2.05) is 36.4 Å². The summed E-state index contributed by atoms with van der Waals surface area (Å²) in [5, 5.41) is 3.55. The molecule has 0 saturated carbocycles. The van der Waals surface area contributed by atoms with Gasteiger partial charge in [-0.15, -0.1) is 0 Å². The Balaban J connectivity index is 2.11. The van der Waals surface area contributed by atoms with Crippen molar-refractivity contribution in [3.05, 3.63) is 88.9 Å². The highest BCUT2D eigenvalue weighted by Crippen LogP contribution is 2.29. The molecule has 0 N–H and O–H groups in total. The molecule has 0 aliphatic rings. The van der Waals surface area contributed by atoms with Crippen molar-refractivity contribution in [2.75, 3.05) is 0 Å². The van der Waals surface area contributed by atoms with Gasteiger partial charge in [-0.3, -0.25) is 0 Å². The zero-order valence-electron chi connectivity index (χ0n) is 12.7. The molecule has 3 aromatic carbocycles. The minimum Gasteiger partial charge on any atom is -0.534 e. The van der Waals surface area contributed by atoms with Crippen LogP contribution in [0, 0.1) is 0 Å². The van der Waals surface area contributed by atoms with Gasteiger partial charge in [0.25, 0.3) is 0 Å². The third-order valence-corrected chi connectivity index (χ3v) is 7.90. The maximum Gasteiger partial charge on any atom is 0.311 e. The fraction of sp³-hybridized carbons (Fsp3) is 0.0526. The Kier molecular flexibility index (Phi) is 4.76. The molecule has 116 valence electrons. The van der Waals surface area contributed by atoms with Crippen LogP contribution in [0.15, 0.2) is 78.9 Å². The molecule has 1 nitrogen and oxygen atoms in total. The molecule has 3 aromatic rings. The molecule has 0 saturated heterocycles. The summed E-state index contributed by atoms with van der Waals surface area (Å²) in [6, 6.07) is 25.9. The van der Waals surface area contributed by atoms with Gasteiger partial charge in [0.15, 0.2) is 0 Å². The van der Waals surface area contributed by atoms with Crippen LogP contribution in [0.5, 0.6) is 5.75 Å². The molecule has 0 aromatic heterocycles. The van der Waals surface area contributed by atoms with Crippen LogP contribution in [-0.2, 0) is 0 Å². The van der Waals surface area contributed by atoms with Gasteiger partial charge in [0.1, 0.15) is 5.75 Å². The summed E-state index contributed by atoms with van der Waals surface area (Å²) >= 11 is 12.4. The standard InChI is InChI=1S/C19H16Cl2OSi/c1-23(16-8-4-2-5-9-16,17-10-6-3-7-11-17)22-19-14-15(20)12-13-18(19)21/h2-14H,1H3. The van der Waals surface area contributed by atoms with Crippen molar-refractivity contribution in [3.63, 3.8) is 0 Å². The first-order valence-corrected chi connectivity index (χ1v) is 10.5. The first-order valence-electron chi connectivity index (χ1n) is 7.35. The molecule has 0 atom stereocenters. The number of halogens is 2. The van der Waals surface area contributed by atoms with Crippen molar-refractivity contribution in [2.45, 2.75) is 6.55 Å². The predicted octanol–water partition coefficient (Wildman–Crippen LogP) is 4.76. The van der Waals surface area contributed by atoms with E-state index in [0.717, 1.165) is 0 Å². The van der Waals surface area contributed by atoms with Crippen LogP contribution in [0.1, 0.15) is 0 Å². The quantitative estimate of drug-likeness (QED) is 0.610. The van der Waals surface area contributed by atoms with Crippen molar-refractivity contribution < 1.29 is 4.43 Å². The Bertz CT molecular complexity index is 751. The second-order valence-corrected chi connectivity index (χ2v) is 9.71. The first-order chi connectivity index (χ1) is 11.1. The summed E-state index contributed by atoms with van der Waals surface area (Å²) in [5.74, 6) is 0.626. The van der Waals surface area contributed by atoms with E-state index in [9.17, 15) is 0 Å². The highest BCUT2D eigenvalue weighted by molar-refractivity contribution is 6.97. The van der Waals surface area contributed by atoms with E-state index in [-0.39, 0.29) is 0 Å². The van der Waals surface area contributed by atoms with Gasteiger partial charge in [0.2, 0.25) is 0 Å². The Hall–Kier alpha value is -1.74. The van der Waals surface area contributed by atoms with Crippen LogP contribution in [0.4, 0.5) is 0 Å². The summed E-state index contributed by atoms with van der Waals surface area (Å²) < 4.78 is 6.51. The molecular weight excluding hydrogens is 343 g/mol. The third-order valence-electron chi connectivity index (χ3n) is 3.86. The lowest BCUT2D eigenvalue weighted by molar-refractivity contribution is 0.571. The summed E-state index contributed by atoms with van der Waals surface area (Å²) in [5.41, 5.74) is 0. The monoisotopic (exact) mass is 358 g/mol. The molecule has 0 unspecified atom stereocenters. The average Bonchev–Trinajstić information content (AvgIpc) is 2.59. The van der Waals surface area contributed by atoms with Crippen molar-refractivity contribution >= 4 is 41.9 Å². The van der Waals surface area contributed by atoms with Gasteiger partial charge in [-0.25, -0.2) is 0 Å². The number of benzene rings is 3. The Labute approximate surface area is 147 Å². The Morgan fingerprint density at radius 2 is 1.26 bits per heavy atom. The van der Waals surface area contributed by atoms with Gasteiger partial charge < -0.3 is 4.43 Å². The van der Waals surface area contributed by atoms with Gasteiger partial charge in [-0.1, -0.05) is 83.9 Å². The summed E-state index contributed by atoms with van der Waals surface area (Å²) in [6.45, 7) is 2.18. The fourth-order valence-electron chi connectivity index (χ4n) is 2.57. The minimum atomic E-state index is -2.44. The number of hydrogen-bond acceptors (Lipinski definition) is 1. The number of rotatable bonds is 4. The maximum absolute atomic E-state index is 6.51. The van der Waals surface area contributed by atoms with Crippen LogP contribution >= 0.6 is 23.2 Å². The van der Waals surface area contributed by atoms with E-state index >= 15 is 0 Å². The second kappa shape index (κ2) is 6.79. The molecule has 3 rings (SSSR count). The van der Waals surface area contributed by atoms with E-state index in [2.05, 4.69) is 30.8 Å². The van der Waals surface area contributed by atoms with E-state index < -0.39 is 8.32 Å². The second-order valence-electron chi connectivity index (χ2n) is 5.44. The van der Waals surface area contributed by atoms with Gasteiger partial charge in [-0.05, 0) is 35.1 Å². The normalized spacial score (nSPS) is 11.3. The molecule has 0 aliphatic heterocycles.